The summed E-state index contributed by atoms with van der Waals surface area (Å²) in [5.41, 5.74) is 1.88. The fourth-order valence-electron chi connectivity index (χ4n) is 9.93. The molecule has 34 heavy (non-hydrogen) atoms. The molecule has 0 spiro atoms. The second-order valence-electron chi connectivity index (χ2n) is 14.6. The molecule has 0 radical (unpaired) electrons. The summed E-state index contributed by atoms with van der Waals surface area (Å²) < 4.78 is 0. The summed E-state index contributed by atoms with van der Waals surface area (Å²) in [5, 5.41) is 31.8. The standard InChI is InChI=1S/C30H46O4/c1-25(2)20-10-13-30(7)21(27(20,4)12-11-22(25)31)9-8-18-19-16-28(5,24(33)34)23(32)17-26(19,3)14-15-29(18,30)6/h8-9,19-20,22-23,31-32H,10-17H2,1-7H3,(H,33,34)/t19-,20-,22-,23+,26-,27-,28-,29+,30+/m0/s1. The van der Waals surface area contributed by atoms with Gasteiger partial charge in [-0.05, 0) is 97.2 Å². The number of carboxylic acid groups (broad SMARTS) is 1. The molecule has 4 nitrogen and oxygen atoms in total. The van der Waals surface area contributed by atoms with Gasteiger partial charge < -0.3 is 15.3 Å². The maximum Gasteiger partial charge on any atom is 0.312 e. The Morgan fingerprint density at radius 1 is 0.824 bits per heavy atom. The highest BCUT2D eigenvalue weighted by atomic mass is 16.4. The summed E-state index contributed by atoms with van der Waals surface area (Å²) in [6.07, 6.45) is 11.1. The van der Waals surface area contributed by atoms with Crippen LogP contribution in [0.15, 0.2) is 23.3 Å². The minimum absolute atomic E-state index is 0.00283. The number of aliphatic carboxylic acids is 1. The summed E-state index contributed by atoms with van der Waals surface area (Å²) in [4.78, 5) is 12.3. The van der Waals surface area contributed by atoms with Crippen LogP contribution in [0, 0.1) is 44.3 Å². The molecule has 0 unspecified atom stereocenters. The number of hydrogen-bond acceptors (Lipinski definition) is 3. The number of hydrogen-bond donors (Lipinski definition) is 3. The molecular weight excluding hydrogens is 424 g/mol. The maximum atomic E-state index is 12.3. The van der Waals surface area contributed by atoms with Crippen LogP contribution in [0.25, 0.3) is 0 Å². The summed E-state index contributed by atoms with van der Waals surface area (Å²) in [5.74, 6) is -0.222. The summed E-state index contributed by atoms with van der Waals surface area (Å²) in [7, 11) is 0. The molecule has 0 aromatic heterocycles. The number of allylic oxidation sites excluding steroid dienone is 4. The van der Waals surface area contributed by atoms with E-state index < -0.39 is 17.5 Å². The Balaban J connectivity index is 1.63. The normalized spacial score (nSPS) is 53.9. The number of aliphatic hydroxyl groups excluding tert-OH is 2. The molecule has 4 saturated carbocycles. The zero-order chi connectivity index (χ0) is 25.1. The van der Waals surface area contributed by atoms with E-state index in [1.807, 2.05) is 0 Å². The van der Waals surface area contributed by atoms with Gasteiger partial charge in [-0.2, -0.15) is 0 Å². The number of fused-ring (bicyclic) bond motifs is 7. The van der Waals surface area contributed by atoms with E-state index in [2.05, 4.69) is 53.7 Å². The fourth-order valence-corrected chi connectivity index (χ4v) is 9.93. The van der Waals surface area contributed by atoms with Crippen LogP contribution in [0.2, 0.25) is 0 Å². The predicted octanol–water partition coefficient (Wildman–Crippen LogP) is 6.12. The van der Waals surface area contributed by atoms with E-state index >= 15 is 0 Å². The smallest absolute Gasteiger partial charge is 0.312 e. The average molecular weight is 471 g/mol. The van der Waals surface area contributed by atoms with Crippen LogP contribution in [0.3, 0.4) is 0 Å². The lowest BCUT2D eigenvalue weighted by atomic mass is 9.36. The van der Waals surface area contributed by atoms with Crippen LogP contribution in [-0.4, -0.2) is 33.5 Å². The Morgan fingerprint density at radius 3 is 2.15 bits per heavy atom. The van der Waals surface area contributed by atoms with Gasteiger partial charge in [0.2, 0.25) is 0 Å². The molecule has 0 heterocycles. The molecule has 0 aromatic rings. The lowest BCUT2D eigenvalue weighted by molar-refractivity contribution is -0.170. The lowest BCUT2D eigenvalue weighted by Gasteiger charge is -2.68. The molecule has 5 aliphatic rings. The van der Waals surface area contributed by atoms with Gasteiger partial charge in [0, 0.05) is 0 Å². The van der Waals surface area contributed by atoms with E-state index in [0.29, 0.717) is 18.8 Å². The van der Waals surface area contributed by atoms with E-state index in [1.54, 1.807) is 12.5 Å². The topological polar surface area (TPSA) is 77.8 Å². The molecule has 190 valence electrons. The van der Waals surface area contributed by atoms with Crippen molar-refractivity contribution >= 4 is 5.97 Å². The van der Waals surface area contributed by atoms with E-state index in [-0.39, 0.29) is 39.1 Å². The van der Waals surface area contributed by atoms with Crippen LogP contribution in [0.5, 0.6) is 0 Å². The second-order valence-corrected chi connectivity index (χ2v) is 14.6. The maximum absolute atomic E-state index is 12.3. The van der Waals surface area contributed by atoms with Gasteiger partial charge in [0.1, 0.15) is 0 Å². The average Bonchev–Trinajstić information content (AvgIpc) is 2.73. The zero-order valence-electron chi connectivity index (χ0n) is 22.4. The van der Waals surface area contributed by atoms with Crippen LogP contribution < -0.4 is 0 Å². The Kier molecular flexibility index (Phi) is 5.06. The Labute approximate surface area is 205 Å². The van der Waals surface area contributed by atoms with Gasteiger partial charge in [0.15, 0.2) is 0 Å². The lowest BCUT2D eigenvalue weighted by Crippen LogP contribution is -2.62. The van der Waals surface area contributed by atoms with E-state index in [9.17, 15) is 20.1 Å². The zero-order valence-corrected chi connectivity index (χ0v) is 22.4. The fraction of sp³-hybridized carbons (Fsp3) is 0.833. The van der Waals surface area contributed by atoms with Crippen LogP contribution in [0.1, 0.15) is 99.8 Å². The highest BCUT2D eigenvalue weighted by molar-refractivity contribution is 5.75. The molecule has 0 aliphatic heterocycles. The molecule has 5 rings (SSSR count). The molecule has 4 heteroatoms. The molecular formula is C30H46O4. The molecule has 0 amide bonds. The summed E-state index contributed by atoms with van der Waals surface area (Å²) in [6, 6.07) is 0. The van der Waals surface area contributed by atoms with Gasteiger partial charge >= 0.3 is 5.97 Å². The predicted molar refractivity (Wildman–Crippen MR) is 134 cm³/mol. The first-order valence-corrected chi connectivity index (χ1v) is 13.6. The first-order valence-electron chi connectivity index (χ1n) is 13.6. The number of carboxylic acids is 1. The molecule has 4 fully saturated rings. The SMILES string of the molecule is CC1(C)[C@@H](O)CC[C@]2(C)C3=CC=C4[C@@H]5C[C@](C)(C(=O)O)[C@H](O)C[C@]5(C)CC[C@@]4(C)[C@]3(C)CC[C@@H]12. The van der Waals surface area contributed by atoms with Gasteiger partial charge in [-0.15, -0.1) is 0 Å². The second kappa shape index (κ2) is 7.00. The van der Waals surface area contributed by atoms with Crippen LogP contribution >= 0.6 is 0 Å². The van der Waals surface area contributed by atoms with Gasteiger partial charge in [-0.25, -0.2) is 0 Å². The van der Waals surface area contributed by atoms with Crippen molar-refractivity contribution in [3.05, 3.63) is 23.3 Å². The largest absolute Gasteiger partial charge is 0.481 e. The molecule has 5 aliphatic carbocycles. The molecule has 3 N–H and O–H groups in total. The molecule has 0 aromatic carbocycles. The van der Waals surface area contributed by atoms with Crippen molar-refractivity contribution in [2.45, 2.75) is 112 Å². The van der Waals surface area contributed by atoms with Crippen LogP contribution in [-0.2, 0) is 4.79 Å². The Hall–Kier alpha value is -1.13. The monoisotopic (exact) mass is 470 g/mol. The first kappa shape index (κ1) is 24.6. The Bertz CT molecular complexity index is 978. The molecule has 0 bridgehead atoms. The summed E-state index contributed by atoms with van der Waals surface area (Å²) >= 11 is 0. The number of rotatable bonds is 1. The molecule has 9 atom stereocenters. The number of aliphatic hydroxyl groups is 2. The minimum Gasteiger partial charge on any atom is -0.481 e. The van der Waals surface area contributed by atoms with Gasteiger partial charge in [0.25, 0.3) is 0 Å². The molecule has 0 saturated heterocycles. The van der Waals surface area contributed by atoms with Crippen molar-refractivity contribution < 1.29 is 20.1 Å². The van der Waals surface area contributed by atoms with Crippen molar-refractivity contribution in [2.24, 2.45) is 44.3 Å². The highest BCUT2D eigenvalue weighted by Gasteiger charge is 2.67. The van der Waals surface area contributed by atoms with Gasteiger partial charge in [-0.1, -0.05) is 64.8 Å². The van der Waals surface area contributed by atoms with Crippen molar-refractivity contribution in [3.63, 3.8) is 0 Å². The third kappa shape index (κ3) is 2.76. The van der Waals surface area contributed by atoms with Crippen molar-refractivity contribution in [3.8, 4) is 0 Å². The van der Waals surface area contributed by atoms with Crippen molar-refractivity contribution in [2.75, 3.05) is 0 Å². The van der Waals surface area contributed by atoms with E-state index in [1.165, 1.54) is 5.57 Å². The van der Waals surface area contributed by atoms with Crippen molar-refractivity contribution in [1.82, 2.24) is 0 Å². The van der Waals surface area contributed by atoms with Gasteiger partial charge in [0.05, 0.1) is 17.6 Å². The Morgan fingerprint density at radius 2 is 1.50 bits per heavy atom. The van der Waals surface area contributed by atoms with E-state index in [0.717, 1.165) is 38.5 Å². The first-order chi connectivity index (χ1) is 15.6. The number of carbonyl (C=O) groups is 1. The van der Waals surface area contributed by atoms with Gasteiger partial charge in [-0.3, -0.25) is 4.79 Å². The van der Waals surface area contributed by atoms with Crippen LogP contribution in [0.4, 0.5) is 0 Å². The van der Waals surface area contributed by atoms with E-state index in [4.69, 9.17) is 0 Å². The quantitative estimate of drug-likeness (QED) is 0.431. The minimum atomic E-state index is -1.10. The summed E-state index contributed by atoms with van der Waals surface area (Å²) in [6.45, 7) is 16.0. The van der Waals surface area contributed by atoms with Crippen molar-refractivity contribution in [1.29, 1.82) is 0 Å². The third-order valence-corrected chi connectivity index (χ3v) is 12.8. The highest BCUT2D eigenvalue weighted by Crippen LogP contribution is 2.74. The third-order valence-electron chi connectivity index (χ3n) is 12.8.